The number of sulfone groups is 1. The fourth-order valence-corrected chi connectivity index (χ4v) is 4.62. The number of benzene rings is 3. The van der Waals surface area contributed by atoms with Crippen LogP contribution in [0.15, 0.2) is 76.5 Å². The Morgan fingerprint density at radius 2 is 1.46 bits per heavy atom. The highest BCUT2D eigenvalue weighted by Gasteiger charge is 2.29. The van der Waals surface area contributed by atoms with Crippen molar-refractivity contribution in [3.05, 3.63) is 94.8 Å². The lowest BCUT2D eigenvalue weighted by molar-refractivity contribution is 0.0963. The van der Waals surface area contributed by atoms with Gasteiger partial charge in [0.2, 0.25) is 9.84 Å². The Hall–Kier alpha value is -3.25. The van der Waals surface area contributed by atoms with E-state index in [-0.39, 0.29) is 27.1 Å². The van der Waals surface area contributed by atoms with Crippen LogP contribution in [0.25, 0.3) is 12.2 Å². The van der Waals surface area contributed by atoms with Gasteiger partial charge in [-0.2, -0.15) is 0 Å². The van der Waals surface area contributed by atoms with E-state index < -0.39 is 9.84 Å². The normalized spacial score (nSPS) is 13.5. The minimum absolute atomic E-state index is 0.0228. The van der Waals surface area contributed by atoms with Crippen molar-refractivity contribution in [2.24, 2.45) is 0 Å². The Kier molecular flexibility index (Phi) is 4.57. The van der Waals surface area contributed by atoms with Crippen molar-refractivity contribution in [1.29, 1.82) is 0 Å². The predicted octanol–water partition coefficient (Wildman–Crippen LogP) is 4.07. The molecule has 28 heavy (non-hydrogen) atoms. The zero-order valence-corrected chi connectivity index (χ0v) is 15.5. The summed E-state index contributed by atoms with van der Waals surface area (Å²) in [7, 11) is -3.81. The predicted molar refractivity (Wildman–Crippen MR) is 105 cm³/mol. The summed E-state index contributed by atoms with van der Waals surface area (Å²) in [5, 5.41) is 2.66. The molecule has 1 aliphatic rings. The highest BCUT2D eigenvalue weighted by atomic mass is 32.2. The Morgan fingerprint density at radius 3 is 2.11 bits per heavy atom. The molecule has 0 aliphatic carbocycles. The second-order valence-electron chi connectivity index (χ2n) is 6.43. The molecule has 0 saturated heterocycles. The smallest absolute Gasteiger partial charge is 0.253 e. The summed E-state index contributed by atoms with van der Waals surface area (Å²) in [5.74, 6) is -0.666. The minimum atomic E-state index is -3.81. The van der Waals surface area contributed by atoms with E-state index in [1.807, 2.05) is 12.2 Å². The van der Waals surface area contributed by atoms with Gasteiger partial charge in [0.15, 0.2) is 0 Å². The molecular formula is C22H16FNO3S. The molecule has 1 amide bonds. The molecule has 0 bridgehead atoms. The van der Waals surface area contributed by atoms with Crippen LogP contribution in [0.2, 0.25) is 0 Å². The summed E-state index contributed by atoms with van der Waals surface area (Å²) in [4.78, 5) is 12.2. The van der Waals surface area contributed by atoms with Crippen molar-refractivity contribution >= 4 is 27.9 Å². The molecule has 140 valence electrons. The number of carbonyl (C=O) groups is 1. The minimum Gasteiger partial charge on any atom is -0.348 e. The van der Waals surface area contributed by atoms with Gasteiger partial charge in [0.25, 0.3) is 5.91 Å². The highest BCUT2D eigenvalue weighted by molar-refractivity contribution is 7.91. The van der Waals surface area contributed by atoms with Gasteiger partial charge in [0.1, 0.15) is 5.82 Å². The van der Waals surface area contributed by atoms with Gasteiger partial charge in [-0.05, 0) is 47.0 Å². The van der Waals surface area contributed by atoms with Crippen LogP contribution in [0.1, 0.15) is 27.0 Å². The van der Waals surface area contributed by atoms with Crippen molar-refractivity contribution in [3.63, 3.8) is 0 Å². The van der Waals surface area contributed by atoms with Crippen molar-refractivity contribution < 1.29 is 17.6 Å². The molecular weight excluding hydrogens is 377 g/mol. The number of hydrogen-bond donors (Lipinski definition) is 1. The SMILES string of the molecule is O=C1NCc2cccc(S(=O)(=O)c3ccc(C=Cc4ccc(F)cc4)cc3)c21. The fraction of sp³-hybridized carbons (Fsp3) is 0.0455. The zero-order valence-electron chi connectivity index (χ0n) is 14.7. The zero-order chi connectivity index (χ0) is 19.7. The lowest BCUT2D eigenvalue weighted by atomic mass is 10.1. The first kappa shape index (κ1) is 18.1. The van der Waals surface area contributed by atoms with Crippen molar-refractivity contribution in [2.75, 3.05) is 0 Å². The quantitative estimate of drug-likeness (QED) is 0.680. The van der Waals surface area contributed by atoms with Gasteiger partial charge in [-0.25, -0.2) is 12.8 Å². The number of hydrogen-bond acceptors (Lipinski definition) is 3. The van der Waals surface area contributed by atoms with Crippen LogP contribution in [0.3, 0.4) is 0 Å². The molecule has 0 unspecified atom stereocenters. The van der Waals surface area contributed by atoms with Crippen LogP contribution < -0.4 is 5.32 Å². The molecule has 1 N–H and O–H groups in total. The third-order valence-electron chi connectivity index (χ3n) is 4.60. The van der Waals surface area contributed by atoms with E-state index >= 15 is 0 Å². The standard InChI is InChI=1S/C22H16FNO3S/c23-18-10-6-15(7-11-18)4-5-16-8-12-19(13-9-16)28(26,27)20-3-1-2-17-14-24-22(25)21(17)20/h1-13H,14H2,(H,24,25). The maximum Gasteiger partial charge on any atom is 0.253 e. The van der Waals surface area contributed by atoms with Crippen LogP contribution >= 0.6 is 0 Å². The summed E-state index contributed by atoms with van der Waals surface area (Å²) in [5.41, 5.74) is 2.55. The van der Waals surface area contributed by atoms with Crippen LogP contribution in [-0.4, -0.2) is 14.3 Å². The molecule has 0 aromatic heterocycles. The molecule has 4 rings (SSSR count). The average Bonchev–Trinajstić information content (AvgIpc) is 3.09. The van der Waals surface area contributed by atoms with Gasteiger partial charge in [-0.15, -0.1) is 0 Å². The molecule has 6 heteroatoms. The molecule has 3 aromatic carbocycles. The van der Waals surface area contributed by atoms with E-state index in [0.29, 0.717) is 12.1 Å². The summed E-state index contributed by atoms with van der Waals surface area (Å²) in [6.45, 7) is 0.338. The molecule has 3 aromatic rings. The Balaban J connectivity index is 1.63. The number of rotatable bonds is 4. The molecule has 1 heterocycles. The maximum absolute atomic E-state index is 13.0. The molecule has 0 fully saturated rings. The van der Waals surface area contributed by atoms with E-state index in [4.69, 9.17) is 0 Å². The largest absolute Gasteiger partial charge is 0.348 e. The number of carbonyl (C=O) groups excluding carboxylic acids is 1. The molecule has 0 atom stereocenters. The van der Waals surface area contributed by atoms with Gasteiger partial charge in [-0.1, -0.05) is 48.6 Å². The van der Waals surface area contributed by atoms with Crippen molar-refractivity contribution in [3.8, 4) is 0 Å². The van der Waals surface area contributed by atoms with Crippen LogP contribution in [-0.2, 0) is 16.4 Å². The summed E-state index contributed by atoms with van der Waals surface area (Å²) >= 11 is 0. The molecule has 0 saturated carbocycles. The number of amides is 1. The average molecular weight is 393 g/mol. The maximum atomic E-state index is 13.0. The Bertz CT molecular complexity index is 1180. The third-order valence-corrected chi connectivity index (χ3v) is 6.41. The van der Waals surface area contributed by atoms with Gasteiger partial charge >= 0.3 is 0 Å². The molecule has 0 radical (unpaired) electrons. The second kappa shape index (κ2) is 7.05. The van der Waals surface area contributed by atoms with E-state index in [1.54, 1.807) is 36.4 Å². The first-order chi connectivity index (χ1) is 13.4. The number of nitrogens with one attached hydrogen (secondary N) is 1. The topological polar surface area (TPSA) is 63.2 Å². The number of fused-ring (bicyclic) bond motifs is 1. The Labute approximate surface area is 162 Å². The Morgan fingerprint density at radius 1 is 0.857 bits per heavy atom. The third kappa shape index (κ3) is 3.34. The van der Waals surface area contributed by atoms with Crippen LogP contribution in [0.4, 0.5) is 4.39 Å². The lowest BCUT2D eigenvalue weighted by Crippen LogP contribution is -2.15. The van der Waals surface area contributed by atoms with E-state index in [1.165, 1.54) is 30.3 Å². The second-order valence-corrected chi connectivity index (χ2v) is 8.35. The summed E-state index contributed by atoms with van der Waals surface area (Å²) in [6.07, 6.45) is 3.63. The molecule has 1 aliphatic heterocycles. The first-order valence-corrected chi connectivity index (χ1v) is 10.1. The van der Waals surface area contributed by atoms with Gasteiger partial charge in [0.05, 0.1) is 15.4 Å². The van der Waals surface area contributed by atoms with Crippen molar-refractivity contribution in [2.45, 2.75) is 16.3 Å². The summed E-state index contributed by atoms with van der Waals surface area (Å²) in [6, 6.07) is 17.3. The van der Waals surface area contributed by atoms with E-state index in [0.717, 1.165) is 11.1 Å². The number of halogens is 1. The van der Waals surface area contributed by atoms with E-state index in [9.17, 15) is 17.6 Å². The van der Waals surface area contributed by atoms with Crippen molar-refractivity contribution in [1.82, 2.24) is 5.32 Å². The fourth-order valence-electron chi connectivity index (χ4n) is 3.12. The van der Waals surface area contributed by atoms with Crippen LogP contribution in [0.5, 0.6) is 0 Å². The van der Waals surface area contributed by atoms with Gasteiger partial charge in [-0.3, -0.25) is 4.79 Å². The highest BCUT2D eigenvalue weighted by Crippen LogP contribution is 2.29. The molecule has 0 spiro atoms. The van der Waals surface area contributed by atoms with Crippen LogP contribution in [0, 0.1) is 5.82 Å². The first-order valence-electron chi connectivity index (χ1n) is 8.64. The summed E-state index contributed by atoms with van der Waals surface area (Å²) < 4.78 is 39.0. The monoisotopic (exact) mass is 393 g/mol. The van der Waals surface area contributed by atoms with E-state index in [2.05, 4.69) is 5.32 Å². The van der Waals surface area contributed by atoms with Gasteiger partial charge < -0.3 is 5.32 Å². The molecule has 4 nitrogen and oxygen atoms in total. The van der Waals surface area contributed by atoms with Gasteiger partial charge in [0, 0.05) is 6.54 Å². The lowest BCUT2D eigenvalue weighted by Gasteiger charge is -2.08.